The molecule has 2 heterocycles. The van der Waals surface area contributed by atoms with Gasteiger partial charge in [-0.15, -0.1) is 11.3 Å². The number of aldehydes is 1. The van der Waals surface area contributed by atoms with E-state index < -0.39 is 0 Å². The molecule has 0 spiro atoms. The Morgan fingerprint density at radius 3 is 3.07 bits per heavy atom. The highest BCUT2D eigenvalue weighted by Crippen LogP contribution is 2.36. The Morgan fingerprint density at radius 1 is 1.73 bits per heavy atom. The minimum Gasteiger partial charge on any atom is -0.377 e. The number of ether oxygens (including phenoxy) is 1. The summed E-state index contributed by atoms with van der Waals surface area (Å²) in [5.74, 6) is 0. The van der Waals surface area contributed by atoms with E-state index in [-0.39, 0.29) is 6.10 Å². The number of carbonyl (C=O) groups is 1. The van der Waals surface area contributed by atoms with Crippen LogP contribution in [0.5, 0.6) is 0 Å². The summed E-state index contributed by atoms with van der Waals surface area (Å²) in [5, 5.41) is 0.732. The number of carbonyl (C=O) groups excluding carboxylic acids is 1. The fourth-order valence-corrected chi connectivity index (χ4v) is 3.98. The van der Waals surface area contributed by atoms with Crippen LogP contribution in [0.15, 0.2) is 4.34 Å². The Bertz CT molecular complexity index is 369. The van der Waals surface area contributed by atoms with Gasteiger partial charge in [0.1, 0.15) is 4.88 Å². The summed E-state index contributed by atoms with van der Waals surface area (Å²) in [4.78, 5) is 15.2. The number of nitrogens with zero attached hydrogens (tertiary/aromatic N) is 1. The lowest BCUT2D eigenvalue weighted by molar-refractivity contribution is 0.112. The standard InChI is InChI=1S/C9H10ClNO2S2/c1-5-6(2-3-13-5)14-9-11-8(10)7(4-12)15-9/h4-6H,2-3H2,1H3. The highest BCUT2D eigenvalue weighted by Gasteiger charge is 2.26. The van der Waals surface area contributed by atoms with E-state index in [0.717, 1.165) is 23.7 Å². The Labute approximate surface area is 101 Å². The topological polar surface area (TPSA) is 39.2 Å². The van der Waals surface area contributed by atoms with Crippen LogP contribution in [0.2, 0.25) is 5.15 Å². The SMILES string of the molecule is CC1OCCC1Sc1nc(Cl)c(C=O)s1. The molecule has 0 bridgehead atoms. The van der Waals surface area contributed by atoms with E-state index in [1.165, 1.54) is 11.3 Å². The highest BCUT2D eigenvalue weighted by atomic mass is 35.5. The molecule has 0 aliphatic carbocycles. The quantitative estimate of drug-likeness (QED) is 0.786. The van der Waals surface area contributed by atoms with Crippen molar-refractivity contribution in [3.8, 4) is 0 Å². The van der Waals surface area contributed by atoms with Gasteiger partial charge in [0.15, 0.2) is 15.8 Å². The van der Waals surface area contributed by atoms with E-state index in [0.29, 0.717) is 15.3 Å². The van der Waals surface area contributed by atoms with E-state index in [2.05, 4.69) is 11.9 Å². The molecule has 0 radical (unpaired) electrons. The third kappa shape index (κ3) is 2.53. The second-order valence-electron chi connectivity index (χ2n) is 3.27. The monoisotopic (exact) mass is 263 g/mol. The Morgan fingerprint density at radius 2 is 2.53 bits per heavy atom. The van der Waals surface area contributed by atoms with Crippen molar-refractivity contribution >= 4 is 41.0 Å². The van der Waals surface area contributed by atoms with Crippen molar-refractivity contribution in [3.63, 3.8) is 0 Å². The second kappa shape index (κ2) is 4.82. The summed E-state index contributed by atoms with van der Waals surface area (Å²) in [6.07, 6.45) is 2.02. The highest BCUT2D eigenvalue weighted by molar-refractivity contribution is 8.01. The Balaban J connectivity index is 2.07. The molecule has 0 aromatic carbocycles. The van der Waals surface area contributed by atoms with Crippen molar-refractivity contribution in [1.82, 2.24) is 4.98 Å². The van der Waals surface area contributed by atoms with Crippen molar-refractivity contribution in [1.29, 1.82) is 0 Å². The van der Waals surface area contributed by atoms with Gasteiger partial charge in [-0.2, -0.15) is 0 Å². The Kier molecular flexibility index (Phi) is 3.66. The summed E-state index contributed by atoms with van der Waals surface area (Å²) in [7, 11) is 0. The third-order valence-corrected chi connectivity index (χ3v) is 5.18. The zero-order chi connectivity index (χ0) is 10.8. The first kappa shape index (κ1) is 11.4. The van der Waals surface area contributed by atoms with Gasteiger partial charge in [-0.3, -0.25) is 4.79 Å². The van der Waals surface area contributed by atoms with Crippen LogP contribution in [0.1, 0.15) is 23.0 Å². The molecule has 0 amide bonds. The summed E-state index contributed by atoms with van der Waals surface area (Å²) < 4.78 is 6.31. The number of hydrogen-bond acceptors (Lipinski definition) is 5. The number of thiazole rings is 1. The van der Waals surface area contributed by atoms with Gasteiger partial charge >= 0.3 is 0 Å². The molecule has 1 saturated heterocycles. The van der Waals surface area contributed by atoms with Gasteiger partial charge in [-0.05, 0) is 13.3 Å². The molecule has 2 unspecified atom stereocenters. The van der Waals surface area contributed by atoms with E-state index in [9.17, 15) is 4.79 Å². The zero-order valence-corrected chi connectivity index (χ0v) is 10.5. The lowest BCUT2D eigenvalue weighted by Crippen LogP contribution is -2.12. The van der Waals surface area contributed by atoms with Crippen LogP contribution in [-0.4, -0.2) is 29.2 Å². The number of halogens is 1. The van der Waals surface area contributed by atoms with Crippen molar-refractivity contribution in [2.45, 2.75) is 29.0 Å². The third-order valence-electron chi connectivity index (χ3n) is 2.26. The average molecular weight is 264 g/mol. The van der Waals surface area contributed by atoms with Crippen molar-refractivity contribution in [2.75, 3.05) is 6.61 Å². The summed E-state index contributed by atoms with van der Waals surface area (Å²) in [6, 6.07) is 0. The predicted molar refractivity (Wildman–Crippen MR) is 62.2 cm³/mol. The first-order valence-electron chi connectivity index (χ1n) is 4.60. The van der Waals surface area contributed by atoms with Crippen LogP contribution in [0, 0.1) is 0 Å². The number of hydrogen-bond donors (Lipinski definition) is 0. The van der Waals surface area contributed by atoms with Gasteiger partial charge < -0.3 is 4.74 Å². The molecule has 0 N–H and O–H groups in total. The first-order valence-corrected chi connectivity index (χ1v) is 6.68. The number of rotatable bonds is 3. The zero-order valence-electron chi connectivity index (χ0n) is 8.10. The van der Waals surface area contributed by atoms with E-state index in [1.807, 2.05) is 0 Å². The maximum atomic E-state index is 10.6. The fraction of sp³-hybridized carbons (Fsp3) is 0.556. The molecule has 15 heavy (non-hydrogen) atoms. The summed E-state index contributed by atoms with van der Waals surface area (Å²) >= 11 is 8.78. The molecular formula is C9H10ClNO2S2. The summed E-state index contributed by atoms with van der Waals surface area (Å²) in [6.45, 7) is 2.86. The van der Waals surface area contributed by atoms with Crippen molar-refractivity contribution < 1.29 is 9.53 Å². The van der Waals surface area contributed by atoms with Crippen LogP contribution in [-0.2, 0) is 4.74 Å². The van der Waals surface area contributed by atoms with Crippen LogP contribution < -0.4 is 0 Å². The molecule has 1 aromatic heterocycles. The summed E-state index contributed by atoms with van der Waals surface area (Å²) in [5.41, 5.74) is 0. The first-order chi connectivity index (χ1) is 7.20. The van der Waals surface area contributed by atoms with Crippen LogP contribution in [0.3, 0.4) is 0 Å². The van der Waals surface area contributed by atoms with Gasteiger partial charge in [0.05, 0.1) is 6.10 Å². The normalized spacial score (nSPS) is 25.7. The lowest BCUT2D eigenvalue weighted by atomic mass is 10.3. The molecule has 1 aliphatic heterocycles. The van der Waals surface area contributed by atoms with Crippen molar-refractivity contribution in [3.05, 3.63) is 10.0 Å². The van der Waals surface area contributed by atoms with Gasteiger partial charge in [0.2, 0.25) is 0 Å². The molecule has 6 heteroatoms. The molecule has 2 rings (SSSR count). The molecule has 82 valence electrons. The predicted octanol–water partition coefficient (Wildman–Crippen LogP) is 2.88. The van der Waals surface area contributed by atoms with E-state index in [1.54, 1.807) is 11.8 Å². The molecule has 1 aromatic rings. The smallest absolute Gasteiger partial charge is 0.163 e. The molecular weight excluding hydrogens is 254 g/mol. The molecule has 2 atom stereocenters. The molecule has 0 saturated carbocycles. The van der Waals surface area contributed by atoms with Gasteiger partial charge in [0, 0.05) is 11.9 Å². The minimum atomic E-state index is 0.248. The fourth-order valence-electron chi connectivity index (χ4n) is 1.41. The molecule has 1 aliphatic rings. The van der Waals surface area contributed by atoms with Gasteiger partial charge in [-0.1, -0.05) is 23.4 Å². The maximum Gasteiger partial charge on any atom is 0.163 e. The second-order valence-corrected chi connectivity index (χ2v) is 6.15. The van der Waals surface area contributed by atoms with Crippen LogP contribution in [0.25, 0.3) is 0 Å². The molecule has 3 nitrogen and oxygen atoms in total. The van der Waals surface area contributed by atoms with E-state index >= 15 is 0 Å². The van der Waals surface area contributed by atoms with Crippen LogP contribution >= 0.6 is 34.7 Å². The van der Waals surface area contributed by atoms with Gasteiger partial charge in [-0.25, -0.2) is 4.98 Å². The number of thioether (sulfide) groups is 1. The van der Waals surface area contributed by atoms with E-state index in [4.69, 9.17) is 16.3 Å². The average Bonchev–Trinajstić information content (AvgIpc) is 2.75. The van der Waals surface area contributed by atoms with Crippen LogP contribution in [0.4, 0.5) is 0 Å². The largest absolute Gasteiger partial charge is 0.377 e. The Hall–Kier alpha value is -0.100. The number of aromatic nitrogens is 1. The maximum absolute atomic E-state index is 10.6. The van der Waals surface area contributed by atoms with Gasteiger partial charge in [0.25, 0.3) is 0 Å². The molecule has 1 fully saturated rings. The lowest BCUT2D eigenvalue weighted by Gasteiger charge is -2.10. The minimum absolute atomic E-state index is 0.248. The van der Waals surface area contributed by atoms with Crippen molar-refractivity contribution in [2.24, 2.45) is 0 Å².